The number of rotatable bonds is 6. The summed E-state index contributed by atoms with van der Waals surface area (Å²) in [7, 11) is 3.18. The van der Waals surface area contributed by atoms with Gasteiger partial charge < -0.3 is 19.5 Å². The van der Waals surface area contributed by atoms with Crippen molar-refractivity contribution in [2.75, 3.05) is 20.8 Å². The van der Waals surface area contributed by atoms with Gasteiger partial charge >= 0.3 is 5.97 Å². The number of esters is 1. The molecule has 1 amide bonds. The molecule has 6 heteroatoms. The highest BCUT2D eigenvalue weighted by molar-refractivity contribution is 6.01. The monoisotopic (exact) mass is 383 g/mol. The van der Waals surface area contributed by atoms with E-state index in [0.29, 0.717) is 16.9 Å². The minimum absolute atomic E-state index is 0.118. The molecule has 1 heterocycles. The SMILES string of the molecule is CCOC(=O)c1cc(C(=O)NC)c2c(c1)[C@H](c1cccc(OC)c1)[C@@H](CC)O2. The average Bonchev–Trinajstić information content (AvgIpc) is 3.11. The Bertz CT molecular complexity index is 892. The second-order valence-electron chi connectivity index (χ2n) is 6.56. The van der Waals surface area contributed by atoms with Gasteiger partial charge in [0.15, 0.2) is 0 Å². The molecule has 28 heavy (non-hydrogen) atoms. The average molecular weight is 383 g/mol. The number of amides is 1. The van der Waals surface area contributed by atoms with Crippen LogP contribution in [-0.4, -0.2) is 38.7 Å². The molecule has 0 aromatic heterocycles. The highest BCUT2D eigenvalue weighted by Gasteiger charge is 2.38. The summed E-state index contributed by atoms with van der Waals surface area (Å²) in [6, 6.07) is 11.1. The molecule has 3 rings (SSSR count). The summed E-state index contributed by atoms with van der Waals surface area (Å²) in [5, 5.41) is 2.62. The first-order valence-electron chi connectivity index (χ1n) is 9.41. The van der Waals surface area contributed by atoms with E-state index in [9.17, 15) is 9.59 Å². The van der Waals surface area contributed by atoms with Crippen molar-refractivity contribution >= 4 is 11.9 Å². The smallest absolute Gasteiger partial charge is 0.338 e. The van der Waals surface area contributed by atoms with E-state index in [2.05, 4.69) is 5.32 Å². The van der Waals surface area contributed by atoms with Crippen molar-refractivity contribution in [2.24, 2.45) is 0 Å². The van der Waals surface area contributed by atoms with Gasteiger partial charge in [-0.1, -0.05) is 19.1 Å². The predicted molar refractivity (Wildman–Crippen MR) is 105 cm³/mol. The topological polar surface area (TPSA) is 73.9 Å². The minimum Gasteiger partial charge on any atom is -0.497 e. The van der Waals surface area contributed by atoms with Gasteiger partial charge in [0.05, 0.1) is 24.8 Å². The van der Waals surface area contributed by atoms with Crippen LogP contribution in [0, 0.1) is 0 Å². The van der Waals surface area contributed by atoms with E-state index in [0.717, 1.165) is 23.3 Å². The van der Waals surface area contributed by atoms with Crippen molar-refractivity contribution in [3.63, 3.8) is 0 Å². The molecule has 2 aromatic carbocycles. The molecular weight excluding hydrogens is 358 g/mol. The van der Waals surface area contributed by atoms with Crippen LogP contribution in [-0.2, 0) is 4.74 Å². The Balaban J connectivity index is 2.19. The quantitative estimate of drug-likeness (QED) is 0.773. The standard InChI is InChI=1S/C22H25NO5/c1-5-18-19(13-8-7-9-15(10-13)26-4)16-11-14(22(25)27-6-2)12-17(20(16)28-18)21(24)23-3/h7-12,18-19H,5-6H2,1-4H3,(H,23,24)/t18-,19+/m1/s1. The number of ether oxygens (including phenoxy) is 3. The van der Waals surface area contributed by atoms with Crippen LogP contribution in [0.4, 0.5) is 0 Å². The molecule has 0 radical (unpaired) electrons. The van der Waals surface area contributed by atoms with E-state index in [1.54, 1.807) is 27.1 Å². The lowest BCUT2D eigenvalue weighted by atomic mass is 9.85. The van der Waals surface area contributed by atoms with Gasteiger partial charge in [0.1, 0.15) is 17.6 Å². The number of carbonyl (C=O) groups is 2. The maximum atomic E-state index is 12.5. The van der Waals surface area contributed by atoms with Crippen LogP contribution in [0.25, 0.3) is 0 Å². The number of fused-ring (bicyclic) bond motifs is 1. The Morgan fingerprint density at radius 3 is 2.61 bits per heavy atom. The first-order chi connectivity index (χ1) is 13.5. The van der Waals surface area contributed by atoms with Gasteiger partial charge in [-0.25, -0.2) is 4.79 Å². The molecule has 2 aromatic rings. The Labute approximate surface area is 164 Å². The van der Waals surface area contributed by atoms with E-state index in [1.807, 2.05) is 31.2 Å². The van der Waals surface area contributed by atoms with Crippen molar-refractivity contribution in [3.8, 4) is 11.5 Å². The zero-order valence-electron chi connectivity index (χ0n) is 16.6. The summed E-state index contributed by atoms with van der Waals surface area (Å²) in [6.07, 6.45) is 0.598. The van der Waals surface area contributed by atoms with Crippen molar-refractivity contribution in [2.45, 2.75) is 32.3 Å². The third-order valence-electron chi connectivity index (χ3n) is 4.93. The van der Waals surface area contributed by atoms with Crippen molar-refractivity contribution in [3.05, 3.63) is 58.7 Å². The molecule has 0 saturated carbocycles. The number of methoxy groups -OCH3 is 1. The molecule has 1 aliphatic heterocycles. The molecule has 0 unspecified atom stereocenters. The molecule has 6 nitrogen and oxygen atoms in total. The van der Waals surface area contributed by atoms with Gasteiger partial charge in [-0.3, -0.25) is 4.79 Å². The maximum absolute atomic E-state index is 12.5. The van der Waals surface area contributed by atoms with Gasteiger partial charge in [-0.15, -0.1) is 0 Å². The molecule has 0 aliphatic carbocycles. The molecule has 0 saturated heterocycles. The summed E-state index contributed by atoms with van der Waals surface area (Å²) in [5.41, 5.74) is 2.50. The molecular formula is C22H25NO5. The third-order valence-corrected chi connectivity index (χ3v) is 4.93. The number of hydrogen-bond acceptors (Lipinski definition) is 5. The van der Waals surface area contributed by atoms with Crippen LogP contribution in [0.15, 0.2) is 36.4 Å². The minimum atomic E-state index is -0.459. The van der Waals surface area contributed by atoms with Crippen LogP contribution in [0.2, 0.25) is 0 Å². The summed E-state index contributed by atoms with van der Waals surface area (Å²) in [4.78, 5) is 24.9. The summed E-state index contributed by atoms with van der Waals surface area (Å²) >= 11 is 0. The number of nitrogens with one attached hydrogen (secondary N) is 1. The molecule has 1 aliphatic rings. The Kier molecular flexibility index (Phi) is 5.87. The van der Waals surface area contributed by atoms with Gasteiger partial charge in [-0.05, 0) is 43.2 Å². The van der Waals surface area contributed by atoms with Crippen LogP contribution in [0.5, 0.6) is 11.5 Å². The fourth-order valence-corrected chi connectivity index (χ4v) is 3.62. The first-order valence-corrected chi connectivity index (χ1v) is 9.41. The highest BCUT2D eigenvalue weighted by Crippen LogP contribution is 2.46. The fraction of sp³-hybridized carbons (Fsp3) is 0.364. The maximum Gasteiger partial charge on any atom is 0.338 e. The lowest BCUT2D eigenvalue weighted by molar-refractivity contribution is 0.0526. The lowest BCUT2D eigenvalue weighted by Gasteiger charge is -2.18. The number of benzene rings is 2. The molecule has 0 bridgehead atoms. The van der Waals surface area contributed by atoms with E-state index in [1.165, 1.54) is 6.07 Å². The molecule has 1 N–H and O–H groups in total. The second kappa shape index (κ2) is 8.33. The van der Waals surface area contributed by atoms with Crippen LogP contribution in [0.1, 0.15) is 58.0 Å². The fourth-order valence-electron chi connectivity index (χ4n) is 3.62. The van der Waals surface area contributed by atoms with Gasteiger partial charge in [0.25, 0.3) is 5.91 Å². The van der Waals surface area contributed by atoms with E-state index in [4.69, 9.17) is 14.2 Å². The zero-order valence-corrected chi connectivity index (χ0v) is 16.6. The molecule has 2 atom stereocenters. The van der Waals surface area contributed by atoms with Gasteiger partial charge in [-0.2, -0.15) is 0 Å². The van der Waals surface area contributed by atoms with E-state index >= 15 is 0 Å². The zero-order chi connectivity index (χ0) is 20.3. The van der Waals surface area contributed by atoms with Crippen LogP contribution in [0.3, 0.4) is 0 Å². The number of carbonyl (C=O) groups excluding carboxylic acids is 2. The highest BCUT2D eigenvalue weighted by atomic mass is 16.5. The van der Waals surface area contributed by atoms with Crippen LogP contribution >= 0.6 is 0 Å². The normalized spacial score (nSPS) is 17.4. The predicted octanol–water partition coefficient (Wildman–Crippen LogP) is 3.53. The Morgan fingerprint density at radius 1 is 1.18 bits per heavy atom. The molecule has 148 valence electrons. The summed E-state index contributed by atoms with van der Waals surface area (Å²) in [5.74, 6) is 0.386. The molecule has 0 fully saturated rings. The molecule has 0 spiro atoms. The first kappa shape index (κ1) is 19.7. The van der Waals surface area contributed by atoms with Gasteiger partial charge in [0, 0.05) is 18.5 Å². The van der Waals surface area contributed by atoms with Crippen molar-refractivity contribution < 1.29 is 23.8 Å². The Hall–Kier alpha value is -3.02. The van der Waals surface area contributed by atoms with Gasteiger partial charge in [0.2, 0.25) is 0 Å². The van der Waals surface area contributed by atoms with E-state index < -0.39 is 5.97 Å². The number of hydrogen-bond donors (Lipinski definition) is 1. The van der Waals surface area contributed by atoms with Crippen molar-refractivity contribution in [1.82, 2.24) is 5.32 Å². The van der Waals surface area contributed by atoms with Crippen molar-refractivity contribution in [1.29, 1.82) is 0 Å². The third kappa shape index (κ3) is 3.54. The summed E-state index contributed by atoms with van der Waals surface area (Å²) < 4.78 is 16.7. The Morgan fingerprint density at radius 2 is 1.96 bits per heavy atom. The lowest BCUT2D eigenvalue weighted by Crippen LogP contribution is -2.20. The summed E-state index contributed by atoms with van der Waals surface area (Å²) in [6.45, 7) is 4.05. The largest absolute Gasteiger partial charge is 0.497 e. The van der Waals surface area contributed by atoms with Crippen LogP contribution < -0.4 is 14.8 Å². The second-order valence-corrected chi connectivity index (χ2v) is 6.56. The van der Waals surface area contributed by atoms with E-state index in [-0.39, 0.29) is 24.5 Å².